The fourth-order valence-corrected chi connectivity index (χ4v) is 12.6. The number of urea groups is 1. The highest BCUT2D eigenvalue weighted by atomic mass is 32.2. The van der Waals surface area contributed by atoms with E-state index < -0.39 is 102 Å². The van der Waals surface area contributed by atoms with Gasteiger partial charge in [0.05, 0.1) is 38.3 Å². The largest absolute Gasteiger partial charge is 0.417 e. The number of benzene rings is 4. The molecule has 2 saturated heterocycles. The SMILES string of the molecule is CC(O)(CS(=O)(=O)c1ccc(F)cc1)C(=O)Nc1ccc(C#N)c(C(F)(F)F)c1.CCC(=O)CCCCC[C@@H]1NC(=O)[C@H]2CCCCN2C(=O)[C@H]([C@@H](C)CC)NC(=O)[C@H](Cc2cn(OC)c3ccccc23)NC1=O.CCCCNC(=O)NS(=O)(=O)c1ccc(C)cc1. The molecule has 1 aromatic heterocycles. The molecule has 0 saturated carbocycles. The molecule has 0 radical (unpaired) electrons. The molecule has 6 atom stereocenters. The van der Waals surface area contributed by atoms with Crippen LogP contribution in [0.3, 0.4) is 0 Å². The normalized spacial score (nSPS) is 18.1. The van der Waals surface area contributed by atoms with Crippen molar-refractivity contribution in [2.45, 2.75) is 171 Å². The van der Waals surface area contributed by atoms with Crippen LogP contribution < -0.4 is 36.1 Å². The van der Waals surface area contributed by atoms with E-state index in [4.69, 9.17) is 10.1 Å². The maximum absolute atomic E-state index is 14.0. The van der Waals surface area contributed by atoms with Crippen LogP contribution in [0, 0.1) is 30.0 Å². The summed E-state index contributed by atoms with van der Waals surface area (Å²) in [6.07, 6.45) is 4.97. The Labute approximate surface area is 533 Å². The van der Waals surface area contributed by atoms with E-state index in [-0.39, 0.29) is 45.4 Å². The molecule has 7 rings (SSSR count). The predicted octanol–water partition coefficient (Wildman–Crippen LogP) is 7.73. The van der Waals surface area contributed by atoms with Crippen molar-refractivity contribution in [2.75, 3.05) is 31.3 Å². The second kappa shape index (κ2) is 33.8. The molecule has 4 aromatic carbocycles. The molecule has 3 heterocycles. The van der Waals surface area contributed by atoms with E-state index in [1.807, 2.05) is 68.9 Å². The number of unbranched alkanes of at least 4 members (excludes halogenated alkanes) is 3. The number of fused-ring (bicyclic) bond motifs is 2. The molecule has 1 unspecified atom stereocenters. The zero-order valence-electron chi connectivity index (χ0n) is 52.5. The van der Waals surface area contributed by atoms with E-state index in [1.165, 1.54) is 18.2 Å². The van der Waals surface area contributed by atoms with Crippen molar-refractivity contribution in [3.63, 3.8) is 0 Å². The average Bonchev–Trinajstić information content (AvgIpc) is 1.40. The second-order valence-corrected chi connectivity index (χ2v) is 26.4. The first-order valence-electron chi connectivity index (χ1n) is 30.3. The summed E-state index contributed by atoms with van der Waals surface area (Å²) in [6, 6.07) is 17.2. The molecule has 0 spiro atoms. The Morgan fingerprint density at radius 1 is 0.837 bits per heavy atom. The number of aliphatic hydroxyl groups is 1. The molecule has 500 valence electrons. The third kappa shape index (κ3) is 21.1. The van der Waals surface area contributed by atoms with Gasteiger partial charge in [-0.15, -0.1) is 0 Å². The molecule has 28 heteroatoms. The smallest absolute Gasteiger partial charge is 0.417 e. The molecule has 2 aliphatic rings. The Morgan fingerprint density at radius 3 is 2.12 bits per heavy atom. The highest BCUT2D eigenvalue weighted by Crippen LogP contribution is 2.34. The van der Waals surface area contributed by atoms with Crippen molar-refractivity contribution in [3.05, 3.63) is 125 Å². The van der Waals surface area contributed by atoms with Gasteiger partial charge < -0.3 is 41.4 Å². The highest BCUT2D eigenvalue weighted by Gasteiger charge is 2.42. The zero-order chi connectivity index (χ0) is 68.1. The fraction of sp³-hybridized carbons (Fsp3) is 0.469. The summed E-state index contributed by atoms with van der Waals surface area (Å²) >= 11 is 0. The Kier molecular flexibility index (Phi) is 27.3. The monoisotopic (exact) mass is 1320 g/mol. The molecule has 92 heavy (non-hydrogen) atoms. The number of alkyl halides is 3. The molecule has 2 aliphatic heterocycles. The van der Waals surface area contributed by atoms with E-state index in [2.05, 4.69) is 21.3 Å². The van der Waals surface area contributed by atoms with Crippen molar-refractivity contribution in [3.8, 4) is 6.07 Å². The number of hydrogen-bond acceptors (Lipinski definition) is 14. The lowest BCUT2D eigenvalue weighted by Gasteiger charge is -2.39. The number of Topliss-reactive ketones (excluding diaryl/α,β-unsaturated/α-hetero) is 1. The lowest BCUT2D eigenvalue weighted by atomic mass is 9.93. The standard InChI is InChI=1S/C34H49N5O6.C18H14F4N2O4S.C12H18N2O3S/c1-5-22(3)30-34(44)38-19-13-12-18-29(38)33(43)35-26(16-9-7-8-14-24(40)6-2)31(41)36-27(32(42)37-30)20-23-21-39(45-4)28-17-11-10-15-25(23)28;1-17(26,10-29(27,28)14-6-3-12(19)4-7-14)16(25)24-13-5-2-11(9-23)15(8-13)18(20,21)22;1-3-4-9-13-12(15)14-18(16,17)11-7-5-10(2)6-8-11/h10-11,15,17,21-22,26-27,29-30H,5-9,12-14,16,18-20H2,1-4H3,(H,35,43)(H,36,41)(H,37,42);2-8,26H,10H2,1H3,(H,24,25);5-8H,3-4,9H2,1-2H3,(H2,13,14,15)/t22-,26-,27-,29+,30-;;/m0../s1. The van der Waals surface area contributed by atoms with Crippen LogP contribution in [-0.2, 0) is 61.2 Å². The molecule has 22 nitrogen and oxygen atoms in total. The van der Waals surface area contributed by atoms with Crippen LogP contribution in [0.2, 0.25) is 0 Å². The van der Waals surface area contributed by atoms with Gasteiger partial charge in [0, 0.05) is 49.6 Å². The van der Waals surface area contributed by atoms with Crippen LogP contribution in [-0.4, -0.2) is 129 Å². The number of sulfonamides is 1. The van der Waals surface area contributed by atoms with E-state index in [0.717, 1.165) is 97.5 Å². The topological polar surface area (TPSA) is 321 Å². The Morgan fingerprint density at radius 2 is 1.49 bits per heavy atom. The Hall–Kier alpha value is -8.42. The molecule has 7 N–H and O–H groups in total. The van der Waals surface area contributed by atoms with Gasteiger partial charge in [0.2, 0.25) is 23.6 Å². The van der Waals surface area contributed by atoms with Gasteiger partial charge in [0.1, 0.15) is 42.9 Å². The van der Waals surface area contributed by atoms with Gasteiger partial charge in [0.25, 0.3) is 15.9 Å². The molecule has 0 bridgehead atoms. The van der Waals surface area contributed by atoms with Crippen molar-refractivity contribution < 1.29 is 77.9 Å². The number of para-hydroxylation sites is 1. The number of halogens is 4. The molecule has 0 aliphatic carbocycles. The second-order valence-electron chi connectivity index (χ2n) is 22.8. The van der Waals surface area contributed by atoms with E-state index in [0.29, 0.717) is 64.1 Å². The van der Waals surface area contributed by atoms with E-state index in [9.17, 15) is 73.1 Å². The number of nitriles is 1. The number of nitrogens with one attached hydrogen (secondary N) is 6. The van der Waals surface area contributed by atoms with Gasteiger partial charge in [-0.2, -0.15) is 23.2 Å². The summed E-state index contributed by atoms with van der Waals surface area (Å²) in [6.45, 7) is 11.3. The minimum absolute atomic E-state index is 0.0822. The minimum atomic E-state index is -4.86. The number of aryl methyl sites for hydroxylation is 1. The molecule has 5 aromatic rings. The minimum Gasteiger partial charge on any atom is -0.417 e. The summed E-state index contributed by atoms with van der Waals surface area (Å²) < 4.78 is 104. The third-order valence-corrected chi connectivity index (χ3v) is 18.8. The van der Waals surface area contributed by atoms with Crippen molar-refractivity contribution >= 4 is 77.8 Å². The molecular weight excluding hydrogens is 1240 g/mol. The number of hydrogen-bond donors (Lipinski definition) is 7. The summed E-state index contributed by atoms with van der Waals surface area (Å²) in [5.41, 5.74) is -2.28. The lowest BCUT2D eigenvalue weighted by Crippen LogP contribution is -2.64. The zero-order valence-corrected chi connectivity index (χ0v) is 54.1. The molecule has 7 amide bonds. The number of anilines is 1. The van der Waals surface area contributed by atoms with Gasteiger partial charge in [0.15, 0.2) is 15.4 Å². The van der Waals surface area contributed by atoms with Crippen LogP contribution in [0.25, 0.3) is 10.9 Å². The number of ketones is 1. The number of carbonyl (C=O) groups is 7. The van der Waals surface area contributed by atoms with Gasteiger partial charge >= 0.3 is 12.2 Å². The van der Waals surface area contributed by atoms with Gasteiger partial charge in [-0.3, -0.25) is 28.8 Å². The number of sulfone groups is 1. The van der Waals surface area contributed by atoms with Gasteiger partial charge in [-0.25, -0.2) is 30.7 Å². The highest BCUT2D eigenvalue weighted by molar-refractivity contribution is 7.91. The Bertz CT molecular complexity index is 3670. The predicted molar refractivity (Wildman–Crippen MR) is 335 cm³/mol. The van der Waals surface area contributed by atoms with Crippen LogP contribution in [0.5, 0.6) is 0 Å². The third-order valence-electron chi connectivity index (χ3n) is 15.6. The van der Waals surface area contributed by atoms with Gasteiger partial charge in [-0.1, -0.05) is 89.3 Å². The number of piperidine rings is 1. The quantitative estimate of drug-likeness (QED) is 0.0198. The van der Waals surface area contributed by atoms with Gasteiger partial charge in [-0.05, 0) is 125 Å². The summed E-state index contributed by atoms with van der Waals surface area (Å²) in [5, 5.41) is 33.3. The lowest BCUT2D eigenvalue weighted by molar-refractivity contribution is -0.147. The number of amides is 7. The molecule has 2 fully saturated rings. The van der Waals surface area contributed by atoms with Crippen molar-refractivity contribution in [2.24, 2.45) is 5.92 Å². The Balaban J connectivity index is 0.000000279. The maximum Gasteiger partial charge on any atom is 0.417 e. The van der Waals surface area contributed by atoms with Crippen LogP contribution in [0.4, 0.5) is 28.0 Å². The fourth-order valence-electron chi connectivity index (χ4n) is 10.1. The average molecular weight is 1320 g/mol. The summed E-state index contributed by atoms with van der Waals surface area (Å²) in [7, 11) is -6.43. The number of rotatable bonds is 22. The summed E-state index contributed by atoms with van der Waals surface area (Å²) in [4.78, 5) is 97.9. The van der Waals surface area contributed by atoms with Crippen molar-refractivity contribution in [1.82, 2.24) is 35.6 Å². The van der Waals surface area contributed by atoms with Crippen LogP contribution in [0.1, 0.15) is 134 Å². The number of carbonyl (C=O) groups excluding carboxylic acids is 7. The maximum atomic E-state index is 14.0. The first-order valence-corrected chi connectivity index (χ1v) is 33.4. The van der Waals surface area contributed by atoms with Crippen LogP contribution in [0.15, 0.2) is 107 Å². The number of aromatic nitrogens is 1. The van der Waals surface area contributed by atoms with Crippen LogP contribution >= 0.6 is 0 Å². The van der Waals surface area contributed by atoms with E-state index in [1.54, 1.807) is 35.1 Å². The molecular formula is C64H81F4N9O13S2. The number of nitrogens with zero attached hydrogens (tertiary/aromatic N) is 3. The van der Waals surface area contributed by atoms with Crippen molar-refractivity contribution in [1.29, 1.82) is 5.26 Å². The first kappa shape index (κ1) is 74.3. The van der Waals surface area contributed by atoms with E-state index >= 15 is 0 Å². The summed E-state index contributed by atoms with van der Waals surface area (Å²) in [5.74, 6) is -4.56. The first-order chi connectivity index (χ1) is 43.4.